The summed E-state index contributed by atoms with van der Waals surface area (Å²) in [5.41, 5.74) is 2.07. The lowest BCUT2D eigenvalue weighted by molar-refractivity contribution is 0.0832. The van der Waals surface area contributed by atoms with Crippen LogP contribution in [0.2, 0.25) is 10.0 Å². The maximum Gasteiger partial charge on any atom is 0.264 e. The van der Waals surface area contributed by atoms with Gasteiger partial charge in [0.25, 0.3) is 5.91 Å². The number of likely N-dealkylation sites (tertiary alicyclic amines) is 1. The molecule has 1 aliphatic carbocycles. The topological polar surface area (TPSA) is 41.6 Å². The fourth-order valence-corrected chi connectivity index (χ4v) is 4.97. The smallest absolute Gasteiger partial charge is 0.264 e. The number of carbonyl (C=O) groups is 1. The first kappa shape index (κ1) is 22.7. The summed E-state index contributed by atoms with van der Waals surface area (Å²) in [7, 11) is 0. The third kappa shape index (κ3) is 5.86. The first-order valence-corrected chi connectivity index (χ1v) is 12.4. The normalized spacial score (nSPS) is 19.3. The van der Waals surface area contributed by atoms with Crippen molar-refractivity contribution in [1.82, 2.24) is 9.62 Å². The van der Waals surface area contributed by atoms with Gasteiger partial charge in [0, 0.05) is 35.5 Å². The van der Waals surface area contributed by atoms with E-state index in [-0.39, 0.29) is 11.7 Å². The van der Waals surface area contributed by atoms with Crippen molar-refractivity contribution in [2.75, 3.05) is 19.3 Å². The fourth-order valence-electron chi connectivity index (χ4n) is 4.10. The quantitative estimate of drug-likeness (QED) is 0.486. The van der Waals surface area contributed by atoms with Crippen LogP contribution in [-0.2, 0) is 6.54 Å². The van der Waals surface area contributed by atoms with E-state index in [9.17, 15) is 9.18 Å². The van der Waals surface area contributed by atoms with E-state index >= 15 is 0 Å². The van der Waals surface area contributed by atoms with Crippen LogP contribution in [0.15, 0.2) is 30.3 Å². The summed E-state index contributed by atoms with van der Waals surface area (Å²) < 4.78 is 23.6. The van der Waals surface area contributed by atoms with E-state index in [0.717, 1.165) is 68.4 Å². The Labute approximate surface area is 196 Å². The molecule has 1 aliphatic heterocycles. The second-order valence-electron chi connectivity index (χ2n) is 8.17. The zero-order chi connectivity index (χ0) is 22.0. The lowest BCUT2D eigenvalue weighted by Crippen LogP contribution is -2.40. The molecule has 4 rings (SSSR count). The fraction of sp³-hybridized carbons (Fsp3) is 0.435. The van der Waals surface area contributed by atoms with Crippen LogP contribution in [0.5, 0.6) is 5.75 Å². The van der Waals surface area contributed by atoms with Gasteiger partial charge in [0.15, 0.2) is 0 Å². The number of hydrogen-bond donors (Lipinski definition) is 1. The Kier molecular flexibility index (Phi) is 7.32. The van der Waals surface area contributed by atoms with Crippen LogP contribution in [0.1, 0.15) is 53.1 Å². The minimum Gasteiger partial charge on any atom is -0.489 e. The molecule has 1 amide bonds. The van der Waals surface area contributed by atoms with Crippen LogP contribution >= 0.6 is 35.1 Å². The second kappa shape index (κ2) is 9.99. The number of hydrogen-bond acceptors (Lipinski definition) is 4. The van der Waals surface area contributed by atoms with Crippen LogP contribution in [0.4, 0.5) is 4.39 Å². The summed E-state index contributed by atoms with van der Waals surface area (Å²) in [6.07, 6.45) is 5.69. The number of halogens is 3. The van der Waals surface area contributed by atoms with Gasteiger partial charge in [-0.3, -0.25) is 14.4 Å². The molecule has 4 nitrogen and oxygen atoms in total. The molecule has 31 heavy (non-hydrogen) atoms. The number of amides is 1. The highest BCUT2D eigenvalue weighted by Crippen LogP contribution is 2.45. The van der Waals surface area contributed by atoms with Gasteiger partial charge >= 0.3 is 0 Å². The SMILES string of the molecule is CSNC(=O)c1cc(C2CC2)c(O[C@@H]2CCCN(Cc3cc(Cl)cc(Cl)c3)C2)cc1F. The standard InChI is InChI=1S/C23H25Cl2FN2O2S/c1-31-27-23(29)20-10-19(15-4-5-15)22(11-21(20)26)30-18-3-2-6-28(13-18)12-14-7-16(24)9-17(25)8-14/h7-11,15,18H,2-6,12-13H2,1H3,(H,27,29)/t18-/m1/s1. The number of carbonyl (C=O) groups excluding carboxylic acids is 1. The van der Waals surface area contributed by atoms with Crippen LogP contribution in [0, 0.1) is 5.82 Å². The Morgan fingerprint density at radius 1 is 1.19 bits per heavy atom. The molecule has 8 heteroatoms. The number of piperidine rings is 1. The molecule has 2 fully saturated rings. The van der Waals surface area contributed by atoms with Crippen molar-refractivity contribution in [1.29, 1.82) is 0 Å². The molecule has 0 unspecified atom stereocenters. The van der Waals surface area contributed by atoms with E-state index in [4.69, 9.17) is 27.9 Å². The molecule has 1 N–H and O–H groups in total. The van der Waals surface area contributed by atoms with Crippen molar-refractivity contribution in [3.63, 3.8) is 0 Å². The lowest BCUT2D eigenvalue weighted by atomic mass is 10.0. The lowest BCUT2D eigenvalue weighted by Gasteiger charge is -2.33. The van der Waals surface area contributed by atoms with Gasteiger partial charge in [0.05, 0.1) is 5.56 Å². The van der Waals surface area contributed by atoms with Crippen molar-refractivity contribution in [2.45, 2.75) is 44.2 Å². The van der Waals surface area contributed by atoms with E-state index in [1.54, 1.807) is 18.4 Å². The summed E-state index contributed by atoms with van der Waals surface area (Å²) in [5, 5.41) is 1.25. The van der Waals surface area contributed by atoms with Crippen LogP contribution in [0.3, 0.4) is 0 Å². The minimum atomic E-state index is -0.549. The van der Waals surface area contributed by atoms with E-state index in [2.05, 4.69) is 9.62 Å². The largest absolute Gasteiger partial charge is 0.489 e. The monoisotopic (exact) mass is 482 g/mol. The predicted molar refractivity (Wildman–Crippen MR) is 125 cm³/mol. The summed E-state index contributed by atoms with van der Waals surface area (Å²) in [6, 6.07) is 8.64. The molecule has 0 aromatic heterocycles. The molecule has 1 saturated heterocycles. The molecule has 1 heterocycles. The van der Waals surface area contributed by atoms with Gasteiger partial charge in [-0.1, -0.05) is 35.1 Å². The molecule has 1 atom stereocenters. The highest BCUT2D eigenvalue weighted by molar-refractivity contribution is 7.97. The summed E-state index contributed by atoms with van der Waals surface area (Å²) in [5.74, 6) is -0.0577. The van der Waals surface area contributed by atoms with Gasteiger partial charge in [0.2, 0.25) is 0 Å². The van der Waals surface area contributed by atoms with Crippen molar-refractivity contribution in [3.8, 4) is 5.75 Å². The first-order valence-electron chi connectivity index (χ1n) is 10.4. The molecule has 2 aliphatic rings. The van der Waals surface area contributed by atoms with Gasteiger partial charge in [-0.25, -0.2) is 4.39 Å². The Balaban J connectivity index is 1.48. The Morgan fingerprint density at radius 2 is 1.94 bits per heavy atom. The third-order valence-corrected chi connectivity index (χ3v) is 6.47. The van der Waals surface area contributed by atoms with Gasteiger partial charge in [-0.2, -0.15) is 0 Å². The van der Waals surface area contributed by atoms with E-state index < -0.39 is 11.7 Å². The van der Waals surface area contributed by atoms with E-state index in [0.29, 0.717) is 21.7 Å². The number of ether oxygens (including phenoxy) is 1. The van der Waals surface area contributed by atoms with E-state index in [1.165, 1.54) is 6.07 Å². The highest BCUT2D eigenvalue weighted by Gasteiger charge is 2.31. The van der Waals surface area contributed by atoms with E-state index in [1.807, 2.05) is 12.1 Å². The van der Waals surface area contributed by atoms with Gasteiger partial charge in [-0.05, 0) is 73.5 Å². The zero-order valence-corrected chi connectivity index (χ0v) is 19.6. The summed E-state index contributed by atoms with van der Waals surface area (Å²) in [4.78, 5) is 14.5. The van der Waals surface area contributed by atoms with Crippen molar-refractivity contribution in [2.24, 2.45) is 0 Å². The summed E-state index contributed by atoms with van der Waals surface area (Å²) in [6.45, 7) is 2.43. The van der Waals surface area contributed by atoms with Crippen molar-refractivity contribution < 1.29 is 13.9 Å². The number of rotatable bonds is 7. The minimum absolute atomic E-state index is 0.0359. The molecule has 166 valence electrons. The first-order chi connectivity index (χ1) is 14.9. The van der Waals surface area contributed by atoms with Crippen LogP contribution in [0.25, 0.3) is 0 Å². The Hall–Kier alpha value is -1.47. The maximum atomic E-state index is 14.7. The molecule has 2 aromatic rings. The third-order valence-electron chi connectivity index (χ3n) is 5.64. The molecular formula is C23H25Cl2FN2O2S. The van der Waals surface area contributed by atoms with Gasteiger partial charge in [-0.15, -0.1) is 0 Å². The number of benzene rings is 2. The molecule has 0 radical (unpaired) electrons. The average Bonchev–Trinajstić information content (AvgIpc) is 3.53. The summed E-state index contributed by atoms with van der Waals surface area (Å²) >= 11 is 13.4. The number of nitrogens with one attached hydrogen (secondary N) is 1. The zero-order valence-electron chi connectivity index (χ0n) is 17.3. The Bertz CT molecular complexity index is 951. The number of nitrogens with zero attached hydrogens (tertiary/aromatic N) is 1. The predicted octanol–water partition coefficient (Wildman–Crippen LogP) is 6.06. The second-order valence-corrected chi connectivity index (χ2v) is 9.66. The van der Waals surface area contributed by atoms with Gasteiger partial charge in [0.1, 0.15) is 17.7 Å². The van der Waals surface area contributed by atoms with Gasteiger partial charge < -0.3 is 4.74 Å². The van der Waals surface area contributed by atoms with Crippen LogP contribution < -0.4 is 9.46 Å². The molecular weight excluding hydrogens is 458 g/mol. The Morgan fingerprint density at radius 3 is 2.61 bits per heavy atom. The molecule has 2 aromatic carbocycles. The molecule has 0 bridgehead atoms. The molecule has 0 spiro atoms. The maximum absolute atomic E-state index is 14.7. The average molecular weight is 483 g/mol. The molecule has 1 saturated carbocycles. The highest BCUT2D eigenvalue weighted by atomic mass is 35.5. The van der Waals surface area contributed by atoms with Crippen molar-refractivity contribution in [3.05, 3.63) is 62.9 Å². The van der Waals surface area contributed by atoms with Crippen LogP contribution in [-0.4, -0.2) is 36.3 Å². The van der Waals surface area contributed by atoms with Crippen molar-refractivity contribution >= 4 is 41.1 Å².